The maximum atomic E-state index is 12.5. The number of aliphatic imine (C=N–C) groups is 1. The van der Waals surface area contributed by atoms with Crippen LogP contribution in [-0.2, 0) is 16.1 Å². The minimum absolute atomic E-state index is 0.00330. The Morgan fingerprint density at radius 1 is 1.18 bits per heavy atom. The molecule has 2 heterocycles. The predicted octanol–water partition coefficient (Wildman–Crippen LogP) is 4.99. The molecule has 0 bridgehead atoms. The number of cyclic esters (lactones) is 1. The van der Waals surface area contributed by atoms with Gasteiger partial charge in [-0.1, -0.05) is 12.1 Å². The summed E-state index contributed by atoms with van der Waals surface area (Å²) < 4.78 is 45.7. The largest absolute Gasteiger partial charge is 0.493 e. The first kappa shape index (κ1) is 22.4. The van der Waals surface area contributed by atoms with Gasteiger partial charge in [-0.05, 0) is 48.9 Å². The topological polar surface area (TPSA) is 79.2 Å². The zero-order chi connectivity index (χ0) is 23.4. The number of ether oxygens (including phenoxy) is 4. The van der Waals surface area contributed by atoms with Gasteiger partial charge in [0.15, 0.2) is 17.2 Å². The zero-order valence-electron chi connectivity index (χ0n) is 17.6. The SMILES string of the molecule is COc1cc(/C=C2\N=C(c3cccc(OC(F)F)c3)OC2=O)ccc1OCc1csc(C)n1. The van der Waals surface area contributed by atoms with Crippen molar-refractivity contribution < 1.29 is 32.5 Å². The minimum Gasteiger partial charge on any atom is -0.493 e. The van der Waals surface area contributed by atoms with Gasteiger partial charge in [0.1, 0.15) is 12.4 Å². The van der Waals surface area contributed by atoms with E-state index < -0.39 is 12.6 Å². The summed E-state index contributed by atoms with van der Waals surface area (Å²) in [5, 5.41) is 2.89. The minimum atomic E-state index is -2.96. The Morgan fingerprint density at radius 3 is 2.76 bits per heavy atom. The number of carbonyl (C=O) groups is 1. The van der Waals surface area contributed by atoms with Gasteiger partial charge in [0.2, 0.25) is 5.90 Å². The Balaban J connectivity index is 1.53. The van der Waals surface area contributed by atoms with Crippen LogP contribution < -0.4 is 14.2 Å². The highest BCUT2D eigenvalue weighted by Gasteiger charge is 2.25. The Labute approximate surface area is 191 Å². The first-order chi connectivity index (χ1) is 15.9. The number of hydrogen-bond donors (Lipinski definition) is 0. The van der Waals surface area contributed by atoms with E-state index in [-0.39, 0.29) is 17.3 Å². The van der Waals surface area contributed by atoms with Crippen molar-refractivity contribution in [3.05, 3.63) is 75.4 Å². The molecule has 0 fully saturated rings. The quantitative estimate of drug-likeness (QED) is 0.340. The van der Waals surface area contributed by atoms with Crippen LogP contribution in [-0.4, -0.2) is 30.6 Å². The second-order valence-corrected chi connectivity index (χ2v) is 7.86. The molecule has 0 amide bonds. The number of esters is 1. The molecule has 4 rings (SSSR count). The maximum absolute atomic E-state index is 12.5. The van der Waals surface area contributed by atoms with Gasteiger partial charge in [0.05, 0.1) is 17.8 Å². The normalized spacial score (nSPS) is 14.4. The number of halogens is 2. The number of hydrogen-bond acceptors (Lipinski definition) is 8. The van der Waals surface area contributed by atoms with Crippen LogP contribution in [0.25, 0.3) is 6.08 Å². The molecular weight excluding hydrogens is 454 g/mol. The number of carbonyl (C=O) groups excluding carboxylic acids is 1. The Morgan fingerprint density at radius 2 is 2.03 bits per heavy atom. The molecule has 7 nitrogen and oxygen atoms in total. The molecule has 0 spiro atoms. The number of aromatic nitrogens is 1. The average Bonchev–Trinajstić information content (AvgIpc) is 3.37. The van der Waals surface area contributed by atoms with E-state index in [1.165, 1.54) is 31.4 Å². The zero-order valence-corrected chi connectivity index (χ0v) is 18.4. The molecule has 0 aliphatic carbocycles. The number of aryl methyl sites for hydroxylation is 1. The molecule has 0 atom stereocenters. The van der Waals surface area contributed by atoms with E-state index in [9.17, 15) is 13.6 Å². The Kier molecular flexibility index (Phi) is 6.64. The Hall–Kier alpha value is -3.79. The third-order valence-electron chi connectivity index (χ3n) is 4.46. The summed E-state index contributed by atoms with van der Waals surface area (Å²) in [6.07, 6.45) is 1.53. The molecule has 1 aromatic heterocycles. The molecule has 0 unspecified atom stereocenters. The van der Waals surface area contributed by atoms with Crippen LogP contribution in [0.2, 0.25) is 0 Å². The highest BCUT2D eigenvalue weighted by atomic mass is 32.1. The van der Waals surface area contributed by atoms with Crippen molar-refractivity contribution in [2.24, 2.45) is 4.99 Å². The lowest BCUT2D eigenvalue weighted by Crippen LogP contribution is -2.07. The highest BCUT2D eigenvalue weighted by molar-refractivity contribution is 7.09. The number of rotatable bonds is 8. The number of thiazole rings is 1. The summed E-state index contributed by atoms with van der Waals surface area (Å²) in [6.45, 7) is -0.737. The van der Waals surface area contributed by atoms with E-state index >= 15 is 0 Å². The molecule has 0 saturated carbocycles. The molecule has 1 aliphatic heterocycles. The molecule has 0 radical (unpaired) electrons. The Bertz CT molecular complexity index is 1240. The fraction of sp³-hybridized carbons (Fsp3) is 0.174. The summed E-state index contributed by atoms with van der Waals surface area (Å²) >= 11 is 1.54. The van der Waals surface area contributed by atoms with Crippen LogP contribution in [0.4, 0.5) is 8.78 Å². The summed E-state index contributed by atoms with van der Waals surface area (Å²) in [7, 11) is 1.51. The van der Waals surface area contributed by atoms with Crippen molar-refractivity contribution in [2.45, 2.75) is 20.1 Å². The number of methoxy groups -OCH3 is 1. The van der Waals surface area contributed by atoms with Crippen LogP contribution in [0.1, 0.15) is 21.8 Å². The van der Waals surface area contributed by atoms with Gasteiger partial charge in [-0.15, -0.1) is 11.3 Å². The molecule has 3 aromatic rings. The number of alkyl halides is 2. The van der Waals surface area contributed by atoms with Gasteiger partial charge in [-0.2, -0.15) is 8.78 Å². The van der Waals surface area contributed by atoms with E-state index in [0.717, 1.165) is 10.7 Å². The predicted molar refractivity (Wildman–Crippen MR) is 118 cm³/mol. The van der Waals surface area contributed by atoms with Crippen molar-refractivity contribution in [3.63, 3.8) is 0 Å². The van der Waals surface area contributed by atoms with Gasteiger partial charge < -0.3 is 18.9 Å². The van der Waals surface area contributed by atoms with E-state index in [1.54, 1.807) is 35.6 Å². The first-order valence-electron chi connectivity index (χ1n) is 9.71. The monoisotopic (exact) mass is 472 g/mol. The van der Waals surface area contributed by atoms with Crippen LogP contribution in [0, 0.1) is 6.92 Å². The van der Waals surface area contributed by atoms with Crippen molar-refractivity contribution in [2.75, 3.05) is 7.11 Å². The van der Waals surface area contributed by atoms with E-state index in [4.69, 9.17) is 14.2 Å². The summed E-state index contributed by atoms with van der Waals surface area (Å²) in [6, 6.07) is 10.9. The summed E-state index contributed by atoms with van der Waals surface area (Å²) in [4.78, 5) is 20.8. The standard InChI is InChI=1S/C23H18F2N2O5S/c1-13-26-16(12-33-13)11-30-19-7-6-14(9-20(19)29-2)8-18-22(28)32-21(27-18)15-4-3-5-17(10-15)31-23(24)25/h3-10,12,23H,11H2,1-2H3/b18-8-. The van der Waals surface area contributed by atoms with Gasteiger partial charge >= 0.3 is 12.6 Å². The second kappa shape index (κ2) is 9.78. The third-order valence-corrected chi connectivity index (χ3v) is 5.28. The van der Waals surface area contributed by atoms with Crippen LogP contribution >= 0.6 is 11.3 Å². The van der Waals surface area contributed by atoms with Gasteiger partial charge in [0.25, 0.3) is 0 Å². The lowest BCUT2D eigenvalue weighted by molar-refractivity contribution is -0.129. The van der Waals surface area contributed by atoms with Gasteiger partial charge in [-0.3, -0.25) is 0 Å². The second-order valence-electron chi connectivity index (χ2n) is 6.80. The van der Waals surface area contributed by atoms with E-state index in [1.807, 2.05) is 12.3 Å². The lowest BCUT2D eigenvalue weighted by Gasteiger charge is -2.10. The molecule has 2 aromatic carbocycles. The smallest absolute Gasteiger partial charge is 0.387 e. The fourth-order valence-electron chi connectivity index (χ4n) is 3.02. The van der Waals surface area contributed by atoms with Crippen LogP contribution in [0.5, 0.6) is 17.2 Å². The van der Waals surface area contributed by atoms with Crippen molar-refractivity contribution >= 4 is 29.3 Å². The van der Waals surface area contributed by atoms with Crippen LogP contribution in [0.3, 0.4) is 0 Å². The first-order valence-corrected chi connectivity index (χ1v) is 10.6. The lowest BCUT2D eigenvalue weighted by atomic mass is 10.1. The van der Waals surface area contributed by atoms with E-state index in [2.05, 4.69) is 14.7 Å². The average molecular weight is 472 g/mol. The molecule has 33 heavy (non-hydrogen) atoms. The van der Waals surface area contributed by atoms with Gasteiger partial charge in [-0.25, -0.2) is 14.8 Å². The molecule has 0 N–H and O–H groups in total. The molecule has 170 valence electrons. The van der Waals surface area contributed by atoms with Crippen molar-refractivity contribution in [3.8, 4) is 17.2 Å². The maximum Gasteiger partial charge on any atom is 0.387 e. The van der Waals surface area contributed by atoms with Crippen molar-refractivity contribution in [1.29, 1.82) is 0 Å². The molecule has 10 heteroatoms. The summed E-state index contributed by atoms with van der Waals surface area (Å²) in [5.41, 5.74) is 1.85. The fourth-order valence-corrected chi connectivity index (χ4v) is 3.61. The number of nitrogens with zero attached hydrogens (tertiary/aromatic N) is 2. The highest BCUT2D eigenvalue weighted by Crippen LogP contribution is 2.31. The van der Waals surface area contributed by atoms with E-state index in [0.29, 0.717) is 29.2 Å². The third kappa shape index (κ3) is 5.53. The molecule has 1 aliphatic rings. The molecule has 0 saturated heterocycles. The molecular formula is C23H18F2N2O5S. The van der Waals surface area contributed by atoms with Gasteiger partial charge in [0, 0.05) is 10.9 Å². The summed E-state index contributed by atoms with van der Waals surface area (Å²) in [5.74, 6) is 0.273. The number of benzene rings is 2. The van der Waals surface area contributed by atoms with Crippen molar-refractivity contribution in [1.82, 2.24) is 4.98 Å². The van der Waals surface area contributed by atoms with Crippen LogP contribution in [0.15, 0.2) is 58.5 Å².